The number of carbonyl (C=O) groups excluding carboxylic acids is 1. The fraction of sp³-hybridized carbons (Fsp3) is 0.444. The molecule has 26 heavy (non-hydrogen) atoms. The van der Waals surface area contributed by atoms with Gasteiger partial charge in [-0.25, -0.2) is 9.50 Å². The van der Waals surface area contributed by atoms with Crippen molar-refractivity contribution in [2.45, 2.75) is 38.5 Å². The number of aliphatic hydroxyl groups excluding tert-OH is 1. The van der Waals surface area contributed by atoms with Crippen molar-refractivity contribution in [3.63, 3.8) is 0 Å². The Labute approximate surface area is 150 Å². The Balaban J connectivity index is 1.40. The molecule has 4 heterocycles. The number of aromatic nitrogens is 5. The lowest BCUT2D eigenvalue weighted by atomic mass is 10.1. The molecule has 2 aliphatic rings. The van der Waals surface area contributed by atoms with E-state index in [1.807, 2.05) is 10.7 Å². The molecule has 0 radical (unpaired) electrons. The molecule has 1 aliphatic carbocycles. The van der Waals surface area contributed by atoms with Crippen LogP contribution in [0.5, 0.6) is 0 Å². The second-order valence-corrected chi connectivity index (χ2v) is 7.10. The molecule has 0 bridgehead atoms. The van der Waals surface area contributed by atoms with Gasteiger partial charge < -0.3 is 10.0 Å². The van der Waals surface area contributed by atoms with E-state index in [-0.39, 0.29) is 5.91 Å². The molecule has 1 atom stereocenters. The van der Waals surface area contributed by atoms with E-state index in [4.69, 9.17) is 0 Å². The van der Waals surface area contributed by atoms with Crippen LogP contribution in [0.1, 0.15) is 47.2 Å². The number of hydrogen-bond acceptors (Lipinski definition) is 5. The van der Waals surface area contributed by atoms with Crippen LogP contribution in [-0.4, -0.2) is 46.8 Å². The smallest absolute Gasteiger partial charge is 0.274 e. The van der Waals surface area contributed by atoms with E-state index in [0.29, 0.717) is 30.3 Å². The number of amides is 1. The van der Waals surface area contributed by atoms with Gasteiger partial charge in [-0.15, -0.1) is 0 Å². The van der Waals surface area contributed by atoms with Gasteiger partial charge in [0.25, 0.3) is 5.91 Å². The average molecular weight is 352 g/mol. The fourth-order valence-electron chi connectivity index (χ4n) is 3.55. The van der Waals surface area contributed by atoms with Crippen molar-refractivity contribution in [3.05, 3.63) is 47.7 Å². The molecule has 8 nitrogen and oxygen atoms in total. The topological polar surface area (TPSA) is 88.6 Å². The minimum atomic E-state index is -0.483. The van der Waals surface area contributed by atoms with Crippen LogP contribution in [0.15, 0.2) is 30.6 Å². The van der Waals surface area contributed by atoms with Crippen LogP contribution in [0.4, 0.5) is 0 Å². The lowest BCUT2D eigenvalue weighted by Crippen LogP contribution is -2.31. The summed E-state index contributed by atoms with van der Waals surface area (Å²) in [5, 5.41) is 19.2. The second kappa shape index (κ2) is 5.91. The maximum atomic E-state index is 12.9. The van der Waals surface area contributed by atoms with E-state index >= 15 is 0 Å². The summed E-state index contributed by atoms with van der Waals surface area (Å²) in [7, 11) is 0. The van der Waals surface area contributed by atoms with Gasteiger partial charge in [-0.2, -0.15) is 10.2 Å². The van der Waals surface area contributed by atoms with Gasteiger partial charge in [0.05, 0.1) is 17.9 Å². The van der Waals surface area contributed by atoms with Gasteiger partial charge in [-0.05, 0) is 37.3 Å². The molecule has 0 unspecified atom stereocenters. The molecule has 1 aliphatic heterocycles. The number of aliphatic hydroxyl groups is 1. The van der Waals surface area contributed by atoms with Crippen LogP contribution >= 0.6 is 0 Å². The number of hydrogen-bond donors (Lipinski definition) is 1. The Hall–Kier alpha value is -2.74. The fourth-order valence-corrected chi connectivity index (χ4v) is 3.55. The molecule has 5 rings (SSSR count). The Morgan fingerprint density at radius 1 is 1.23 bits per heavy atom. The number of fused-ring (bicyclic) bond motifs is 2. The zero-order valence-corrected chi connectivity index (χ0v) is 14.3. The van der Waals surface area contributed by atoms with E-state index in [2.05, 4.69) is 15.2 Å². The van der Waals surface area contributed by atoms with Gasteiger partial charge in [0.2, 0.25) is 0 Å². The standard InChI is InChI=1S/C18H20N6O2/c25-17(12-3-4-12)14-9-13-11-22(6-2-8-23(13)20-14)18(26)15-10-16-19-5-1-7-24(16)21-15/h1,5,7,9-10,12,17,25H,2-4,6,8,11H2/t17-/m1/s1. The van der Waals surface area contributed by atoms with Crippen LogP contribution in [0.3, 0.4) is 0 Å². The molecular weight excluding hydrogens is 332 g/mol. The molecule has 1 N–H and O–H groups in total. The van der Waals surface area contributed by atoms with E-state index < -0.39 is 6.10 Å². The van der Waals surface area contributed by atoms with Crippen molar-refractivity contribution in [2.24, 2.45) is 5.92 Å². The van der Waals surface area contributed by atoms with Gasteiger partial charge in [0, 0.05) is 31.5 Å². The first-order valence-electron chi connectivity index (χ1n) is 9.03. The Morgan fingerprint density at radius 2 is 2.12 bits per heavy atom. The van der Waals surface area contributed by atoms with Crippen molar-refractivity contribution in [2.75, 3.05) is 6.54 Å². The molecule has 0 aromatic carbocycles. The van der Waals surface area contributed by atoms with Crippen molar-refractivity contribution < 1.29 is 9.90 Å². The highest BCUT2D eigenvalue weighted by Gasteiger charge is 2.33. The van der Waals surface area contributed by atoms with Crippen LogP contribution in [0.25, 0.3) is 5.65 Å². The van der Waals surface area contributed by atoms with E-state index in [1.165, 1.54) is 0 Å². The van der Waals surface area contributed by atoms with Gasteiger partial charge in [-0.3, -0.25) is 9.48 Å². The Bertz CT molecular complexity index is 940. The highest BCUT2D eigenvalue weighted by atomic mass is 16.3. The number of carbonyl (C=O) groups is 1. The number of aryl methyl sites for hydroxylation is 1. The summed E-state index contributed by atoms with van der Waals surface area (Å²) in [4.78, 5) is 19.0. The molecular formula is C18H20N6O2. The summed E-state index contributed by atoms with van der Waals surface area (Å²) < 4.78 is 3.54. The molecule has 3 aromatic rings. The molecule has 1 saturated carbocycles. The maximum Gasteiger partial charge on any atom is 0.274 e. The summed E-state index contributed by atoms with van der Waals surface area (Å²) in [6.45, 7) is 1.89. The summed E-state index contributed by atoms with van der Waals surface area (Å²) in [6, 6.07) is 5.44. The quantitative estimate of drug-likeness (QED) is 0.770. The minimum absolute atomic E-state index is 0.102. The first kappa shape index (κ1) is 15.5. The summed E-state index contributed by atoms with van der Waals surface area (Å²) in [6.07, 6.45) is 5.93. The third kappa shape index (κ3) is 2.66. The van der Waals surface area contributed by atoms with Crippen molar-refractivity contribution in [3.8, 4) is 0 Å². The normalized spacial score (nSPS) is 18.6. The lowest BCUT2D eigenvalue weighted by Gasteiger charge is -2.18. The largest absolute Gasteiger partial charge is 0.386 e. The predicted octanol–water partition coefficient (Wildman–Crippen LogP) is 1.42. The molecule has 1 amide bonds. The summed E-state index contributed by atoms with van der Waals surface area (Å²) in [5.74, 6) is 0.242. The zero-order chi connectivity index (χ0) is 17.7. The average Bonchev–Trinajstić information content (AvgIpc) is 3.34. The lowest BCUT2D eigenvalue weighted by molar-refractivity contribution is 0.0739. The van der Waals surface area contributed by atoms with Gasteiger partial charge in [0.1, 0.15) is 6.10 Å². The van der Waals surface area contributed by atoms with E-state index in [9.17, 15) is 9.90 Å². The van der Waals surface area contributed by atoms with Crippen LogP contribution in [0, 0.1) is 5.92 Å². The predicted molar refractivity (Wildman–Crippen MR) is 92.3 cm³/mol. The van der Waals surface area contributed by atoms with Crippen molar-refractivity contribution in [1.82, 2.24) is 29.3 Å². The molecule has 8 heteroatoms. The second-order valence-electron chi connectivity index (χ2n) is 7.10. The number of nitrogens with zero attached hydrogens (tertiary/aromatic N) is 6. The van der Waals surface area contributed by atoms with Crippen molar-refractivity contribution >= 4 is 11.6 Å². The van der Waals surface area contributed by atoms with Gasteiger partial charge in [0.15, 0.2) is 11.3 Å². The monoisotopic (exact) mass is 352 g/mol. The van der Waals surface area contributed by atoms with Crippen LogP contribution in [-0.2, 0) is 13.1 Å². The summed E-state index contributed by atoms with van der Waals surface area (Å²) >= 11 is 0. The molecule has 0 spiro atoms. The zero-order valence-electron chi connectivity index (χ0n) is 14.3. The van der Waals surface area contributed by atoms with Crippen LogP contribution in [0.2, 0.25) is 0 Å². The van der Waals surface area contributed by atoms with E-state index in [1.54, 1.807) is 33.9 Å². The molecule has 134 valence electrons. The molecule has 0 saturated heterocycles. The van der Waals surface area contributed by atoms with E-state index in [0.717, 1.165) is 37.2 Å². The maximum absolute atomic E-state index is 12.9. The van der Waals surface area contributed by atoms with Crippen LogP contribution < -0.4 is 0 Å². The Morgan fingerprint density at radius 3 is 2.92 bits per heavy atom. The van der Waals surface area contributed by atoms with Gasteiger partial charge >= 0.3 is 0 Å². The third-order valence-corrected chi connectivity index (χ3v) is 5.15. The SMILES string of the molecule is O=C(c1cc2ncccn2n1)N1CCCn2nc([C@H](O)C3CC3)cc2C1. The highest BCUT2D eigenvalue weighted by Crippen LogP contribution is 2.40. The molecule has 1 fully saturated rings. The first-order chi connectivity index (χ1) is 12.7. The first-order valence-corrected chi connectivity index (χ1v) is 9.03. The van der Waals surface area contributed by atoms with Crippen molar-refractivity contribution in [1.29, 1.82) is 0 Å². The summed E-state index contributed by atoms with van der Waals surface area (Å²) in [5.41, 5.74) is 2.75. The Kier molecular flexibility index (Phi) is 3.53. The van der Waals surface area contributed by atoms with Gasteiger partial charge in [-0.1, -0.05) is 0 Å². The third-order valence-electron chi connectivity index (χ3n) is 5.15. The minimum Gasteiger partial charge on any atom is -0.386 e. The highest BCUT2D eigenvalue weighted by molar-refractivity contribution is 5.93. The number of rotatable bonds is 3. The molecule has 3 aromatic heterocycles.